The Bertz CT molecular complexity index is 234. The molecule has 0 amide bonds. The lowest BCUT2D eigenvalue weighted by atomic mass is 9.96. The summed E-state index contributed by atoms with van der Waals surface area (Å²) in [6, 6.07) is 0. The molecule has 0 aliphatic rings. The molecule has 0 rings (SSSR count). The van der Waals surface area contributed by atoms with Gasteiger partial charge in [0.2, 0.25) is 0 Å². The van der Waals surface area contributed by atoms with Gasteiger partial charge in [-0.2, -0.15) is 0 Å². The van der Waals surface area contributed by atoms with Gasteiger partial charge in [0.15, 0.2) is 5.60 Å². The predicted octanol–water partition coefficient (Wildman–Crippen LogP) is -2.52. The quantitative estimate of drug-likeness (QED) is 0.317. The van der Waals surface area contributed by atoms with Gasteiger partial charge in [-0.25, -0.2) is 4.79 Å². The first-order chi connectivity index (χ1) is 6.78. The van der Waals surface area contributed by atoms with Crippen molar-refractivity contribution in [3.05, 3.63) is 5.21 Å². The Morgan fingerprint density at radius 3 is 1.40 bits per heavy atom. The zero-order valence-corrected chi connectivity index (χ0v) is 7.54. The summed E-state index contributed by atoms with van der Waals surface area (Å²) in [4.78, 5) is 30.5. The smallest absolute Gasteiger partial charge is 0.336 e. The third-order valence-corrected chi connectivity index (χ3v) is 1.29. The minimum absolute atomic E-state index is 1.14. The van der Waals surface area contributed by atoms with Crippen LogP contribution in [0.2, 0.25) is 0 Å². The van der Waals surface area contributed by atoms with Gasteiger partial charge in [0.1, 0.15) is 0 Å². The number of aliphatic hydroxyl groups is 1. The second-order valence-electron chi connectivity index (χ2n) is 2.48. The SMILES string of the molecule is O=C(O)CC(O)(CC(=O)O)C(=O)O.[NH3+][O-]. The van der Waals surface area contributed by atoms with Crippen LogP contribution in [0.15, 0.2) is 0 Å². The minimum atomic E-state index is -2.74. The standard InChI is InChI=1S/C6H8O7.H3NO/c7-3(8)1-6(13,5(11)12)2-4(9)10;1-2/h13H,1-2H2,(H,7,8)(H,9,10)(H,11,12);1H3. The summed E-state index contributed by atoms with van der Waals surface area (Å²) in [6.45, 7) is 0. The largest absolute Gasteiger partial charge is 0.637 e. The first kappa shape index (κ1) is 15.7. The number of carbonyl (C=O) groups is 3. The summed E-state index contributed by atoms with van der Waals surface area (Å²) in [6.07, 6.45) is -2.29. The zero-order valence-electron chi connectivity index (χ0n) is 7.54. The number of carboxylic acids is 3. The Labute approximate surface area is 83.3 Å². The molecule has 0 atom stereocenters. The molecule has 0 spiro atoms. The molecular formula is C6H11NO8. The monoisotopic (exact) mass is 225 g/mol. The molecule has 0 radical (unpaired) electrons. The number of quaternary nitrogens is 1. The van der Waals surface area contributed by atoms with E-state index in [-0.39, 0.29) is 0 Å². The molecule has 0 aliphatic carbocycles. The second kappa shape index (κ2) is 6.70. The fourth-order valence-electron chi connectivity index (χ4n) is 0.714. The minimum Gasteiger partial charge on any atom is -0.637 e. The predicted molar refractivity (Wildman–Crippen MR) is 43.3 cm³/mol. The molecule has 0 aromatic carbocycles. The fourth-order valence-corrected chi connectivity index (χ4v) is 0.714. The summed E-state index contributed by atoms with van der Waals surface area (Å²) >= 11 is 0. The lowest BCUT2D eigenvalue weighted by Crippen LogP contribution is -2.42. The van der Waals surface area contributed by atoms with Crippen molar-refractivity contribution in [1.29, 1.82) is 0 Å². The Hall–Kier alpha value is -1.71. The first-order valence-electron chi connectivity index (χ1n) is 3.46. The van der Waals surface area contributed by atoms with Gasteiger partial charge in [0, 0.05) is 0 Å². The highest BCUT2D eigenvalue weighted by Gasteiger charge is 2.40. The molecule has 9 nitrogen and oxygen atoms in total. The van der Waals surface area contributed by atoms with Crippen LogP contribution in [0.25, 0.3) is 0 Å². The molecule has 0 saturated heterocycles. The van der Waals surface area contributed by atoms with E-state index >= 15 is 0 Å². The van der Waals surface area contributed by atoms with Gasteiger partial charge in [0.05, 0.1) is 12.8 Å². The van der Waals surface area contributed by atoms with Crippen LogP contribution >= 0.6 is 0 Å². The van der Waals surface area contributed by atoms with Crippen molar-refractivity contribution in [3.63, 3.8) is 0 Å². The lowest BCUT2D eigenvalue weighted by molar-refractivity contribution is -0.275. The third-order valence-electron chi connectivity index (χ3n) is 1.29. The van der Waals surface area contributed by atoms with Gasteiger partial charge in [0.25, 0.3) is 0 Å². The average molecular weight is 225 g/mol. The average Bonchev–Trinajstić information content (AvgIpc) is 2.04. The maximum absolute atomic E-state index is 10.3. The molecule has 0 fully saturated rings. The van der Waals surface area contributed by atoms with Crippen molar-refractivity contribution in [2.75, 3.05) is 0 Å². The number of hydrogen-bond donors (Lipinski definition) is 5. The van der Waals surface area contributed by atoms with Crippen molar-refractivity contribution in [2.24, 2.45) is 0 Å². The fraction of sp³-hybridized carbons (Fsp3) is 0.500. The van der Waals surface area contributed by atoms with E-state index in [1.807, 2.05) is 5.90 Å². The normalized spacial score (nSPS) is 9.80. The van der Waals surface area contributed by atoms with Crippen LogP contribution < -0.4 is 5.90 Å². The van der Waals surface area contributed by atoms with E-state index in [0.717, 1.165) is 0 Å². The first-order valence-corrected chi connectivity index (χ1v) is 3.46. The van der Waals surface area contributed by atoms with E-state index in [9.17, 15) is 14.4 Å². The molecule has 0 aromatic heterocycles. The number of carboxylic acid groups (broad SMARTS) is 3. The van der Waals surface area contributed by atoms with Crippen molar-refractivity contribution in [2.45, 2.75) is 18.4 Å². The van der Waals surface area contributed by atoms with Crippen LogP contribution in [-0.4, -0.2) is 43.9 Å². The summed E-state index contributed by atoms with van der Waals surface area (Å²) in [7, 11) is 0. The van der Waals surface area contributed by atoms with Gasteiger partial charge in [-0.15, -0.1) is 0 Å². The third kappa shape index (κ3) is 6.37. The Balaban J connectivity index is 0. The van der Waals surface area contributed by atoms with Crippen LogP contribution in [0, 0.1) is 5.21 Å². The molecule has 0 saturated carbocycles. The van der Waals surface area contributed by atoms with Gasteiger partial charge in [-0.05, 0) is 0 Å². The van der Waals surface area contributed by atoms with E-state index in [0.29, 0.717) is 0 Å². The zero-order chi connectivity index (χ0) is 12.6. The maximum atomic E-state index is 10.3. The van der Waals surface area contributed by atoms with Gasteiger partial charge < -0.3 is 31.5 Å². The van der Waals surface area contributed by atoms with Crippen LogP contribution in [0.1, 0.15) is 12.8 Å². The van der Waals surface area contributed by atoms with Gasteiger partial charge in [-0.1, -0.05) is 0 Å². The lowest BCUT2D eigenvalue weighted by Gasteiger charge is -2.18. The van der Waals surface area contributed by atoms with Crippen molar-refractivity contribution in [1.82, 2.24) is 0 Å². The summed E-state index contributed by atoms with van der Waals surface area (Å²) < 4.78 is 0. The van der Waals surface area contributed by atoms with E-state index in [2.05, 4.69) is 0 Å². The molecule has 15 heavy (non-hydrogen) atoms. The van der Waals surface area contributed by atoms with Crippen LogP contribution in [-0.2, 0) is 14.4 Å². The van der Waals surface area contributed by atoms with Crippen LogP contribution in [0.3, 0.4) is 0 Å². The van der Waals surface area contributed by atoms with Gasteiger partial charge in [-0.3, -0.25) is 9.59 Å². The summed E-state index contributed by atoms with van der Waals surface area (Å²) in [5, 5.41) is 41.8. The molecule has 0 aromatic rings. The highest BCUT2D eigenvalue weighted by Crippen LogP contribution is 2.15. The Morgan fingerprint density at radius 1 is 1.00 bits per heavy atom. The number of aliphatic carboxylic acids is 3. The van der Waals surface area contributed by atoms with E-state index in [1.165, 1.54) is 0 Å². The highest BCUT2D eigenvalue weighted by atomic mass is 16.4. The molecule has 0 bridgehead atoms. The number of hydrogen-bond acceptors (Lipinski definition) is 5. The summed E-state index contributed by atoms with van der Waals surface area (Å²) in [5.74, 6) is -3.02. The van der Waals surface area contributed by atoms with Gasteiger partial charge >= 0.3 is 17.9 Å². The van der Waals surface area contributed by atoms with E-state index in [4.69, 9.17) is 25.6 Å². The van der Waals surface area contributed by atoms with Crippen molar-refractivity contribution in [3.8, 4) is 0 Å². The van der Waals surface area contributed by atoms with E-state index in [1.54, 1.807) is 0 Å². The topological polar surface area (TPSA) is 183 Å². The van der Waals surface area contributed by atoms with Crippen LogP contribution in [0.5, 0.6) is 0 Å². The number of rotatable bonds is 5. The summed E-state index contributed by atoms with van der Waals surface area (Å²) in [5.41, 5.74) is -2.74. The van der Waals surface area contributed by atoms with Crippen molar-refractivity contribution < 1.29 is 40.7 Å². The van der Waals surface area contributed by atoms with Crippen molar-refractivity contribution >= 4 is 17.9 Å². The highest BCUT2D eigenvalue weighted by molar-refractivity contribution is 5.88. The molecule has 0 heterocycles. The molecule has 0 unspecified atom stereocenters. The molecular weight excluding hydrogens is 214 g/mol. The molecule has 88 valence electrons. The maximum Gasteiger partial charge on any atom is 0.336 e. The molecule has 7 N–H and O–H groups in total. The molecule has 0 aliphatic heterocycles. The van der Waals surface area contributed by atoms with E-state index < -0.39 is 36.4 Å². The second-order valence-corrected chi connectivity index (χ2v) is 2.48. The Morgan fingerprint density at radius 2 is 1.27 bits per heavy atom. The van der Waals surface area contributed by atoms with Crippen LogP contribution in [0.4, 0.5) is 0 Å². The molecule has 9 heteroatoms. The Kier molecular flexibility index (Phi) is 7.04.